The Morgan fingerprint density at radius 1 is 1.39 bits per heavy atom. The van der Waals surface area contributed by atoms with Crippen molar-refractivity contribution in [2.45, 2.75) is 45.1 Å². The van der Waals surface area contributed by atoms with Crippen LogP contribution in [-0.2, 0) is 14.4 Å². The molecular weight excluding hydrogens is 236 g/mol. The second kappa shape index (κ2) is 6.98. The van der Waals surface area contributed by atoms with Gasteiger partial charge in [0.05, 0.1) is 6.54 Å². The van der Waals surface area contributed by atoms with E-state index < -0.39 is 17.9 Å². The van der Waals surface area contributed by atoms with Crippen LogP contribution in [0.2, 0.25) is 0 Å². The number of rotatable bonds is 5. The number of nitrogens with one attached hydrogen (secondary N) is 1. The van der Waals surface area contributed by atoms with Crippen molar-refractivity contribution in [2.24, 2.45) is 0 Å². The molecule has 0 unspecified atom stereocenters. The summed E-state index contributed by atoms with van der Waals surface area (Å²) in [7, 11) is 0. The zero-order valence-corrected chi connectivity index (χ0v) is 10.6. The van der Waals surface area contributed by atoms with Gasteiger partial charge in [-0.1, -0.05) is 13.3 Å². The quantitative estimate of drug-likeness (QED) is 0.744. The molecule has 1 aliphatic rings. The summed E-state index contributed by atoms with van der Waals surface area (Å²) in [4.78, 5) is 35.6. The average molecular weight is 256 g/mol. The van der Waals surface area contributed by atoms with Gasteiger partial charge < -0.3 is 15.3 Å². The van der Waals surface area contributed by atoms with Gasteiger partial charge in [0.1, 0.15) is 6.04 Å². The van der Waals surface area contributed by atoms with Gasteiger partial charge in [-0.3, -0.25) is 9.59 Å². The second-order valence-electron chi connectivity index (χ2n) is 4.49. The number of nitrogens with zero attached hydrogens (tertiary/aromatic N) is 1. The van der Waals surface area contributed by atoms with Gasteiger partial charge in [0.15, 0.2) is 0 Å². The fourth-order valence-electron chi connectivity index (χ4n) is 1.96. The Balaban J connectivity index is 2.47. The molecule has 0 aromatic rings. The van der Waals surface area contributed by atoms with E-state index in [9.17, 15) is 14.4 Å². The van der Waals surface area contributed by atoms with E-state index in [0.29, 0.717) is 19.4 Å². The first-order valence-corrected chi connectivity index (χ1v) is 6.34. The van der Waals surface area contributed by atoms with Gasteiger partial charge >= 0.3 is 5.97 Å². The molecule has 2 amide bonds. The molecule has 102 valence electrons. The molecule has 1 atom stereocenters. The van der Waals surface area contributed by atoms with Crippen molar-refractivity contribution in [3.8, 4) is 0 Å². The number of carbonyl (C=O) groups excluding carboxylic acids is 2. The number of likely N-dealkylation sites (tertiary alicyclic amines) is 1. The third-order valence-corrected chi connectivity index (χ3v) is 3.05. The summed E-state index contributed by atoms with van der Waals surface area (Å²) >= 11 is 0. The van der Waals surface area contributed by atoms with Crippen LogP contribution in [0.4, 0.5) is 0 Å². The lowest BCUT2D eigenvalue weighted by Crippen LogP contribution is -2.46. The van der Waals surface area contributed by atoms with Crippen LogP contribution in [0, 0.1) is 0 Å². The fourth-order valence-corrected chi connectivity index (χ4v) is 1.96. The van der Waals surface area contributed by atoms with Gasteiger partial charge in [-0.15, -0.1) is 0 Å². The van der Waals surface area contributed by atoms with Gasteiger partial charge in [-0.05, 0) is 19.3 Å². The molecule has 1 heterocycles. The van der Waals surface area contributed by atoms with Gasteiger partial charge in [-0.2, -0.15) is 0 Å². The summed E-state index contributed by atoms with van der Waals surface area (Å²) in [6, 6.07) is -0.875. The normalized spacial score (nSPS) is 18.1. The van der Waals surface area contributed by atoms with Crippen LogP contribution < -0.4 is 5.32 Å². The molecule has 1 saturated heterocycles. The Hall–Kier alpha value is -1.59. The summed E-state index contributed by atoms with van der Waals surface area (Å²) in [6.45, 7) is 2.23. The third-order valence-electron chi connectivity index (χ3n) is 3.05. The Kier molecular flexibility index (Phi) is 5.61. The molecule has 0 bridgehead atoms. The molecule has 0 saturated carbocycles. The van der Waals surface area contributed by atoms with Crippen molar-refractivity contribution < 1.29 is 19.5 Å². The highest BCUT2D eigenvalue weighted by Crippen LogP contribution is 2.10. The van der Waals surface area contributed by atoms with E-state index in [4.69, 9.17) is 5.11 Å². The molecule has 1 aliphatic heterocycles. The molecule has 1 rings (SSSR count). The molecule has 0 radical (unpaired) electrons. The van der Waals surface area contributed by atoms with Gasteiger partial charge in [0, 0.05) is 13.0 Å². The van der Waals surface area contributed by atoms with E-state index in [1.54, 1.807) is 6.92 Å². The van der Waals surface area contributed by atoms with E-state index in [-0.39, 0.29) is 12.5 Å². The fraction of sp³-hybridized carbons (Fsp3) is 0.750. The van der Waals surface area contributed by atoms with Gasteiger partial charge in [0.2, 0.25) is 11.8 Å². The lowest BCUT2D eigenvalue weighted by atomic mass is 10.2. The minimum atomic E-state index is -1.05. The van der Waals surface area contributed by atoms with Crippen LogP contribution in [0.3, 0.4) is 0 Å². The van der Waals surface area contributed by atoms with Crippen molar-refractivity contribution in [2.75, 3.05) is 13.1 Å². The SMILES string of the molecule is CC[C@@H](NC(=O)CN1CCCCCC1=O)C(=O)O. The van der Waals surface area contributed by atoms with Crippen LogP contribution in [0.15, 0.2) is 0 Å². The summed E-state index contributed by atoms with van der Waals surface area (Å²) in [5.74, 6) is -1.47. The van der Waals surface area contributed by atoms with Crippen LogP contribution in [0.5, 0.6) is 0 Å². The van der Waals surface area contributed by atoms with Gasteiger partial charge in [0.25, 0.3) is 0 Å². The zero-order chi connectivity index (χ0) is 13.5. The maximum absolute atomic E-state index is 11.7. The number of amides is 2. The maximum Gasteiger partial charge on any atom is 0.326 e. The monoisotopic (exact) mass is 256 g/mol. The van der Waals surface area contributed by atoms with Crippen LogP contribution in [0.1, 0.15) is 39.0 Å². The Bertz CT molecular complexity index is 330. The Morgan fingerprint density at radius 2 is 2.11 bits per heavy atom. The maximum atomic E-state index is 11.7. The number of carboxylic acids is 1. The highest BCUT2D eigenvalue weighted by Gasteiger charge is 2.22. The standard InChI is InChI=1S/C12H20N2O4/c1-2-9(12(17)18)13-10(15)8-14-7-5-3-4-6-11(14)16/h9H,2-8H2,1H3,(H,13,15)(H,17,18)/t9-/m1/s1. The van der Waals surface area contributed by atoms with Crippen molar-refractivity contribution in [1.29, 1.82) is 0 Å². The van der Waals surface area contributed by atoms with E-state index >= 15 is 0 Å². The van der Waals surface area contributed by atoms with E-state index in [1.807, 2.05) is 0 Å². The molecule has 6 nitrogen and oxygen atoms in total. The predicted molar refractivity (Wildman–Crippen MR) is 64.9 cm³/mol. The number of carbonyl (C=O) groups is 3. The van der Waals surface area contributed by atoms with Crippen molar-refractivity contribution >= 4 is 17.8 Å². The predicted octanol–water partition coefficient (Wildman–Crippen LogP) is 0.368. The summed E-state index contributed by atoms with van der Waals surface area (Å²) < 4.78 is 0. The lowest BCUT2D eigenvalue weighted by molar-refractivity contribution is -0.142. The molecule has 0 aromatic carbocycles. The molecular formula is C12H20N2O4. The van der Waals surface area contributed by atoms with E-state index in [0.717, 1.165) is 19.3 Å². The summed E-state index contributed by atoms with van der Waals surface area (Å²) in [6.07, 6.45) is 3.56. The molecule has 0 spiro atoms. The van der Waals surface area contributed by atoms with E-state index in [1.165, 1.54) is 4.90 Å². The summed E-state index contributed by atoms with van der Waals surface area (Å²) in [5, 5.41) is 11.3. The third kappa shape index (κ3) is 4.35. The van der Waals surface area contributed by atoms with Crippen LogP contribution >= 0.6 is 0 Å². The summed E-state index contributed by atoms with van der Waals surface area (Å²) in [5.41, 5.74) is 0. The minimum absolute atomic E-state index is 0.0222. The molecule has 0 aromatic heterocycles. The highest BCUT2D eigenvalue weighted by atomic mass is 16.4. The smallest absolute Gasteiger partial charge is 0.326 e. The number of hydrogen-bond acceptors (Lipinski definition) is 3. The van der Waals surface area contributed by atoms with Gasteiger partial charge in [-0.25, -0.2) is 4.79 Å². The average Bonchev–Trinajstić information content (AvgIpc) is 2.51. The molecule has 6 heteroatoms. The first kappa shape index (κ1) is 14.5. The minimum Gasteiger partial charge on any atom is -0.480 e. The second-order valence-corrected chi connectivity index (χ2v) is 4.49. The van der Waals surface area contributed by atoms with Crippen molar-refractivity contribution in [3.63, 3.8) is 0 Å². The molecule has 1 fully saturated rings. The van der Waals surface area contributed by atoms with Crippen molar-refractivity contribution in [3.05, 3.63) is 0 Å². The first-order valence-electron chi connectivity index (χ1n) is 6.34. The molecule has 18 heavy (non-hydrogen) atoms. The topological polar surface area (TPSA) is 86.7 Å². The molecule has 0 aliphatic carbocycles. The van der Waals surface area contributed by atoms with E-state index in [2.05, 4.69) is 5.32 Å². The first-order chi connectivity index (χ1) is 8.54. The Labute approximate surface area is 106 Å². The number of carboxylic acid groups (broad SMARTS) is 1. The van der Waals surface area contributed by atoms with Crippen LogP contribution in [0.25, 0.3) is 0 Å². The lowest BCUT2D eigenvalue weighted by Gasteiger charge is -2.21. The largest absolute Gasteiger partial charge is 0.480 e. The number of hydrogen-bond donors (Lipinski definition) is 2. The van der Waals surface area contributed by atoms with Crippen molar-refractivity contribution in [1.82, 2.24) is 10.2 Å². The Morgan fingerprint density at radius 3 is 2.72 bits per heavy atom. The molecule has 2 N–H and O–H groups in total. The van der Waals surface area contributed by atoms with Crippen LogP contribution in [-0.4, -0.2) is 46.9 Å². The number of aliphatic carboxylic acids is 1. The zero-order valence-electron chi connectivity index (χ0n) is 10.6. The highest BCUT2D eigenvalue weighted by molar-refractivity contribution is 5.87.